The first-order valence-corrected chi connectivity index (χ1v) is 7.33. The number of aromatic nitrogens is 1. The van der Waals surface area contributed by atoms with Gasteiger partial charge in [-0.25, -0.2) is 9.78 Å². The third-order valence-corrected chi connectivity index (χ3v) is 2.99. The van der Waals surface area contributed by atoms with Gasteiger partial charge in [0.15, 0.2) is 5.13 Å². The Hall–Kier alpha value is -1.63. The molecule has 2 N–H and O–H groups in total. The maximum atomic E-state index is 11.6. The first-order chi connectivity index (χ1) is 9.26. The SMILES string of the molecule is Cc1csc(NC(=O)CCCNC(=O)OC(C)(C)C)n1. The summed E-state index contributed by atoms with van der Waals surface area (Å²) in [6.45, 7) is 7.68. The molecule has 0 spiro atoms. The average Bonchev–Trinajstić information content (AvgIpc) is 2.68. The van der Waals surface area contributed by atoms with Crippen molar-refractivity contribution >= 4 is 28.5 Å². The van der Waals surface area contributed by atoms with Crippen LogP contribution in [0, 0.1) is 6.92 Å². The number of hydrogen-bond donors (Lipinski definition) is 2. The zero-order chi connectivity index (χ0) is 15.2. The van der Waals surface area contributed by atoms with Crippen molar-refractivity contribution in [3.05, 3.63) is 11.1 Å². The molecule has 0 radical (unpaired) electrons. The van der Waals surface area contributed by atoms with Crippen molar-refractivity contribution < 1.29 is 14.3 Å². The number of nitrogens with zero attached hydrogens (tertiary/aromatic N) is 1. The molecule has 0 atom stereocenters. The van der Waals surface area contributed by atoms with Crippen LogP contribution in [0.4, 0.5) is 9.93 Å². The molecule has 0 saturated carbocycles. The van der Waals surface area contributed by atoms with Gasteiger partial charge in [-0.2, -0.15) is 0 Å². The Labute approximate surface area is 122 Å². The number of ether oxygens (including phenoxy) is 1. The van der Waals surface area contributed by atoms with Gasteiger partial charge in [0, 0.05) is 18.3 Å². The predicted octanol–water partition coefficient (Wildman–Crippen LogP) is 2.69. The molecule has 1 rings (SSSR count). The Bertz CT molecular complexity index is 466. The monoisotopic (exact) mass is 299 g/mol. The highest BCUT2D eigenvalue weighted by Gasteiger charge is 2.15. The molecule has 0 aliphatic carbocycles. The molecule has 0 bridgehead atoms. The van der Waals surface area contributed by atoms with Crippen LogP contribution in [0.1, 0.15) is 39.3 Å². The molecule has 20 heavy (non-hydrogen) atoms. The van der Waals surface area contributed by atoms with Gasteiger partial charge in [0.1, 0.15) is 5.60 Å². The zero-order valence-corrected chi connectivity index (χ0v) is 13.1. The first kappa shape index (κ1) is 16.4. The lowest BCUT2D eigenvalue weighted by Crippen LogP contribution is -2.33. The number of anilines is 1. The average molecular weight is 299 g/mol. The maximum absolute atomic E-state index is 11.6. The molecule has 0 fully saturated rings. The van der Waals surface area contributed by atoms with Crippen LogP contribution < -0.4 is 10.6 Å². The first-order valence-electron chi connectivity index (χ1n) is 6.45. The lowest BCUT2D eigenvalue weighted by atomic mass is 10.2. The molecule has 1 aromatic rings. The Balaban J connectivity index is 2.15. The Morgan fingerprint density at radius 3 is 2.65 bits per heavy atom. The molecule has 0 aromatic carbocycles. The van der Waals surface area contributed by atoms with Gasteiger partial charge in [-0.05, 0) is 34.1 Å². The summed E-state index contributed by atoms with van der Waals surface area (Å²) in [5.41, 5.74) is 0.376. The summed E-state index contributed by atoms with van der Waals surface area (Å²) >= 11 is 1.40. The van der Waals surface area contributed by atoms with Crippen molar-refractivity contribution in [2.45, 2.75) is 46.1 Å². The van der Waals surface area contributed by atoms with Gasteiger partial charge in [0.05, 0.1) is 5.69 Å². The van der Waals surface area contributed by atoms with E-state index in [1.54, 1.807) is 20.8 Å². The Morgan fingerprint density at radius 2 is 2.10 bits per heavy atom. The molecular formula is C13H21N3O3S. The zero-order valence-electron chi connectivity index (χ0n) is 12.3. The summed E-state index contributed by atoms with van der Waals surface area (Å²) < 4.78 is 5.08. The van der Waals surface area contributed by atoms with Gasteiger partial charge in [-0.3, -0.25) is 4.79 Å². The number of carbonyl (C=O) groups excluding carboxylic acids is 2. The highest BCUT2D eigenvalue weighted by atomic mass is 32.1. The number of alkyl carbamates (subject to hydrolysis) is 1. The van der Waals surface area contributed by atoms with Crippen LogP contribution in [0.3, 0.4) is 0 Å². The van der Waals surface area contributed by atoms with Crippen LogP contribution in [0.5, 0.6) is 0 Å². The summed E-state index contributed by atoms with van der Waals surface area (Å²) in [4.78, 5) is 27.1. The van der Waals surface area contributed by atoms with Crippen molar-refractivity contribution in [1.29, 1.82) is 0 Å². The number of rotatable bonds is 5. The summed E-state index contributed by atoms with van der Waals surface area (Å²) in [5.74, 6) is -0.106. The number of hydrogen-bond acceptors (Lipinski definition) is 5. The molecule has 0 saturated heterocycles. The van der Waals surface area contributed by atoms with E-state index in [4.69, 9.17) is 4.74 Å². The third-order valence-electron chi connectivity index (χ3n) is 2.11. The highest BCUT2D eigenvalue weighted by molar-refractivity contribution is 7.13. The van der Waals surface area contributed by atoms with E-state index in [-0.39, 0.29) is 5.91 Å². The van der Waals surface area contributed by atoms with E-state index in [2.05, 4.69) is 15.6 Å². The second-order valence-corrected chi connectivity index (χ2v) is 6.23. The topological polar surface area (TPSA) is 80.3 Å². The predicted molar refractivity (Wildman–Crippen MR) is 79.0 cm³/mol. The van der Waals surface area contributed by atoms with E-state index in [9.17, 15) is 9.59 Å². The van der Waals surface area contributed by atoms with Crippen molar-refractivity contribution in [2.24, 2.45) is 0 Å². The summed E-state index contributed by atoms with van der Waals surface area (Å²) in [5, 5.41) is 7.80. The summed E-state index contributed by atoms with van der Waals surface area (Å²) in [7, 11) is 0. The van der Waals surface area contributed by atoms with E-state index in [1.807, 2.05) is 12.3 Å². The normalized spacial score (nSPS) is 11.0. The fraction of sp³-hybridized carbons (Fsp3) is 0.615. The number of amides is 2. The molecule has 112 valence electrons. The molecule has 0 unspecified atom stereocenters. The molecule has 2 amide bonds. The fourth-order valence-electron chi connectivity index (χ4n) is 1.35. The van der Waals surface area contributed by atoms with Crippen LogP contribution in [0.25, 0.3) is 0 Å². The molecular weight excluding hydrogens is 278 g/mol. The van der Waals surface area contributed by atoms with Crippen LogP contribution in [0.15, 0.2) is 5.38 Å². The molecule has 1 aromatic heterocycles. The van der Waals surface area contributed by atoms with Gasteiger partial charge >= 0.3 is 6.09 Å². The highest BCUT2D eigenvalue weighted by Crippen LogP contribution is 2.14. The number of nitrogens with one attached hydrogen (secondary N) is 2. The second-order valence-electron chi connectivity index (χ2n) is 5.37. The maximum Gasteiger partial charge on any atom is 0.407 e. The second kappa shape index (κ2) is 7.23. The van der Waals surface area contributed by atoms with E-state index in [0.717, 1.165) is 5.69 Å². The number of aryl methyl sites for hydroxylation is 1. The van der Waals surface area contributed by atoms with Crippen molar-refractivity contribution in [2.75, 3.05) is 11.9 Å². The van der Waals surface area contributed by atoms with E-state index in [0.29, 0.717) is 24.5 Å². The van der Waals surface area contributed by atoms with Crippen LogP contribution in [0.2, 0.25) is 0 Å². The lowest BCUT2D eigenvalue weighted by molar-refractivity contribution is -0.116. The summed E-state index contributed by atoms with van der Waals surface area (Å²) in [6, 6.07) is 0. The minimum absolute atomic E-state index is 0.106. The Morgan fingerprint density at radius 1 is 1.40 bits per heavy atom. The van der Waals surface area contributed by atoms with E-state index in [1.165, 1.54) is 11.3 Å². The van der Waals surface area contributed by atoms with Crippen LogP contribution >= 0.6 is 11.3 Å². The van der Waals surface area contributed by atoms with Gasteiger partial charge in [0.25, 0.3) is 0 Å². The standard InChI is InChI=1S/C13H21N3O3S/c1-9-8-20-11(15-9)16-10(17)6-5-7-14-12(18)19-13(2,3)4/h8H,5-7H2,1-4H3,(H,14,18)(H,15,16,17). The number of carbonyl (C=O) groups is 2. The molecule has 6 nitrogen and oxygen atoms in total. The minimum Gasteiger partial charge on any atom is -0.444 e. The van der Waals surface area contributed by atoms with E-state index < -0.39 is 11.7 Å². The van der Waals surface area contributed by atoms with Gasteiger partial charge in [-0.1, -0.05) is 0 Å². The summed E-state index contributed by atoms with van der Waals surface area (Å²) in [6.07, 6.45) is 0.414. The van der Waals surface area contributed by atoms with Crippen molar-refractivity contribution in [3.63, 3.8) is 0 Å². The quantitative estimate of drug-likeness (QED) is 0.819. The molecule has 0 aliphatic rings. The fourth-order valence-corrected chi connectivity index (χ4v) is 2.05. The molecule has 1 heterocycles. The third kappa shape index (κ3) is 7.08. The largest absolute Gasteiger partial charge is 0.444 e. The molecule has 7 heteroatoms. The van der Waals surface area contributed by atoms with Crippen molar-refractivity contribution in [3.8, 4) is 0 Å². The van der Waals surface area contributed by atoms with Gasteiger partial charge < -0.3 is 15.4 Å². The van der Waals surface area contributed by atoms with Crippen LogP contribution in [-0.2, 0) is 9.53 Å². The van der Waals surface area contributed by atoms with Crippen molar-refractivity contribution in [1.82, 2.24) is 10.3 Å². The molecule has 0 aliphatic heterocycles. The lowest BCUT2D eigenvalue weighted by Gasteiger charge is -2.19. The Kier molecular flexibility index (Phi) is 5.94. The van der Waals surface area contributed by atoms with E-state index >= 15 is 0 Å². The van der Waals surface area contributed by atoms with Crippen LogP contribution in [-0.4, -0.2) is 29.1 Å². The van der Waals surface area contributed by atoms with Gasteiger partial charge in [-0.15, -0.1) is 11.3 Å². The number of thiazole rings is 1. The minimum atomic E-state index is -0.510. The smallest absolute Gasteiger partial charge is 0.407 e. The van der Waals surface area contributed by atoms with Gasteiger partial charge in [0.2, 0.25) is 5.91 Å².